The molecule has 1 aromatic heterocycles. The normalized spacial score (nSPS) is 21.8. The van der Waals surface area contributed by atoms with Gasteiger partial charge >= 0.3 is 6.01 Å². The predicted molar refractivity (Wildman–Crippen MR) is 117 cm³/mol. The Kier molecular flexibility index (Phi) is 5.37. The number of ketones is 1. The summed E-state index contributed by atoms with van der Waals surface area (Å²) in [6.45, 7) is 1.63. The third-order valence-electron chi connectivity index (χ3n) is 5.93. The van der Waals surface area contributed by atoms with E-state index in [-0.39, 0.29) is 17.4 Å². The monoisotopic (exact) mass is 437 g/mol. The van der Waals surface area contributed by atoms with E-state index in [4.69, 9.17) is 10.5 Å². The molecule has 1 aromatic carbocycles. The van der Waals surface area contributed by atoms with Gasteiger partial charge in [0.2, 0.25) is 0 Å². The van der Waals surface area contributed by atoms with Gasteiger partial charge < -0.3 is 15.4 Å². The molecule has 1 aliphatic carbocycles. The van der Waals surface area contributed by atoms with E-state index >= 15 is 0 Å². The summed E-state index contributed by atoms with van der Waals surface area (Å²) in [5, 5.41) is 1.84. The molecule has 3 aliphatic rings. The van der Waals surface area contributed by atoms with Crippen molar-refractivity contribution >= 4 is 29.1 Å². The topological polar surface area (TPSA) is 102 Å². The molecule has 0 radical (unpaired) electrons. The lowest BCUT2D eigenvalue weighted by molar-refractivity contribution is -0.114. The van der Waals surface area contributed by atoms with Gasteiger partial charge in [0.25, 0.3) is 5.91 Å². The molecule has 3 heterocycles. The molecule has 5 rings (SSSR count). The molecule has 31 heavy (non-hydrogen) atoms. The van der Waals surface area contributed by atoms with Crippen molar-refractivity contribution in [2.75, 3.05) is 18.0 Å². The first-order chi connectivity index (χ1) is 15.1. The maximum Gasteiger partial charge on any atom is 0.316 e. The van der Waals surface area contributed by atoms with Gasteiger partial charge in [-0.3, -0.25) is 14.5 Å². The SMILES string of the molecule is NC(=O)C1=CSC(N2CCC(Oc3ncccn3)CC2)N1c1ccc2c(c1)CCC2=O. The van der Waals surface area contributed by atoms with Crippen LogP contribution in [0.25, 0.3) is 0 Å². The second kappa shape index (κ2) is 8.32. The van der Waals surface area contributed by atoms with Crippen LogP contribution in [-0.2, 0) is 11.2 Å². The zero-order valence-corrected chi connectivity index (χ0v) is 17.8. The van der Waals surface area contributed by atoms with Crippen molar-refractivity contribution in [2.24, 2.45) is 5.73 Å². The number of piperidine rings is 1. The van der Waals surface area contributed by atoms with Crippen molar-refractivity contribution in [2.45, 2.75) is 37.3 Å². The molecule has 2 aromatic rings. The highest BCUT2D eigenvalue weighted by molar-refractivity contribution is 8.03. The molecule has 1 unspecified atom stereocenters. The van der Waals surface area contributed by atoms with Crippen LogP contribution in [0.3, 0.4) is 0 Å². The van der Waals surface area contributed by atoms with Gasteiger partial charge in [-0.2, -0.15) is 0 Å². The summed E-state index contributed by atoms with van der Waals surface area (Å²) in [6.07, 6.45) is 6.38. The molecule has 0 bridgehead atoms. The second-order valence-corrected chi connectivity index (χ2v) is 8.78. The van der Waals surface area contributed by atoms with Crippen LogP contribution in [0.4, 0.5) is 5.69 Å². The van der Waals surface area contributed by atoms with Gasteiger partial charge in [-0.15, -0.1) is 0 Å². The molecule has 160 valence electrons. The molecule has 0 spiro atoms. The number of carbonyl (C=O) groups is 2. The fraction of sp³-hybridized carbons (Fsp3) is 0.364. The number of thioether (sulfide) groups is 1. The Morgan fingerprint density at radius 3 is 2.68 bits per heavy atom. The number of hydrogen-bond donors (Lipinski definition) is 1. The number of rotatable bonds is 5. The highest BCUT2D eigenvalue weighted by Gasteiger charge is 2.37. The molecule has 2 aliphatic heterocycles. The van der Waals surface area contributed by atoms with Gasteiger partial charge in [0.1, 0.15) is 17.3 Å². The van der Waals surface area contributed by atoms with Crippen LogP contribution in [0, 0.1) is 0 Å². The predicted octanol–water partition coefficient (Wildman–Crippen LogP) is 2.31. The van der Waals surface area contributed by atoms with Crippen molar-refractivity contribution in [3.63, 3.8) is 0 Å². The Balaban J connectivity index is 1.32. The Hall–Kier alpha value is -2.91. The standard InChI is InChI=1S/C22H23N5O3S/c23-20(29)18-13-31-22(27(18)15-3-4-17-14(12-15)2-5-19(17)28)26-10-6-16(7-11-26)30-21-24-8-1-9-25-21/h1,3-4,8-9,12-13,16,22H,2,5-7,10-11H2,(H2,23,29). The molecule has 0 saturated carbocycles. The first kappa shape index (κ1) is 20.0. The zero-order valence-electron chi connectivity index (χ0n) is 16.9. The van der Waals surface area contributed by atoms with Gasteiger partial charge in [0.15, 0.2) is 5.78 Å². The van der Waals surface area contributed by atoms with Gasteiger partial charge in [0, 0.05) is 48.6 Å². The molecular weight excluding hydrogens is 414 g/mol. The van der Waals surface area contributed by atoms with E-state index < -0.39 is 5.91 Å². The number of benzene rings is 1. The van der Waals surface area contributed by atoms with Crippen LogP contribution in [0.5, 0.6) is 6.01 Å². The van der Waals surface area contributed by atoms with Crippen molar-refractivity contribution in [3.8, 4) is 6.01 Å². The fourth-order valence-corrected chi connectivity index (χ4v) is 5.58. The van der Waals surface area contributed by atoms with Crippen LogP contribution >= 0.6 is 11.8 Å². The maximum atomic E-state index is 12.1. The van der Waals surface area contributed by atoms with Crippen LogP contribution in [0.1, 0.15) is 35.2 Å². The maximum absolute atomic E-state index is 12.1. The van der Waals surface area contributed by atoms with Crippen LogP contribution < -0.4 is 15.4 Å². The number of primary amides is 1. The summed E-state index contributed by atoms with van der Waals surface area (Å²) in [4.78, 5) is 36.8. The van der Waals surface area contributed by atoms with E-state index in [1.165, 1.54) is 0 Å². The number of ether oxygens (including phenoxy) is 1. The molecule has 1 fully saturated rings. The Morgan fingerprint density at radius 1 is 1.16 bits per heavy atom. The summed E-state index contributed by atoms with van der Waals surface area (Å²) in [6, 6.07) is 7.99. The van der Waals surface area contributed by atoms with Crippen molar-refractivity contribution in [3.05, 3.63) is 58.9 Å². The lowest BCUT2D eigenvalue weighted by atomic mass is 10.1. The average Bonchev–Trinajstić information content (AvgIpc) is 3.39. The first-order valence-corrected chi connectivity index (χ1v) is 11.3. The number of hydrogen-bond acceptors (Lipinski definition) is 8. The second-order valence-electron chi connectivity index (χ2n) is 7.85. The minimum absolute atomic E-state index is 0.0630. The summed E-state index contributed by atoms with van der Waals surface area (Å²) >= 11 is 1.58. The minimum Gasteiger partial charge on any atom is -0.460 e. The van der Waals surface area contributed by atoms with E-state index in [0.717, 1.165) is 49.2 Å². The Bertz CT molecular complexity index is 1040. The zero-order chi connectivity index (χ0) is 21.4. The van der Waals surface area contributed by atoms with Gasteiger partial charge in [-0.05, 0) is 49.1 Å². The van der Waals surface area contributed by atoms with E-state index in [0.29, 0.717) is 18.1 Å². The number of aromatic nitrogens is 2. The number of likely N-dealkylation sites (tertiary alicyclic amines) is 1. The number of nitrogens with zero attached hydrogens (tertiary/aromatic N) is 4. The number of Topliss-reactive ketones (excluding diaryl/α,β-unsaturated/α-hetero) is 1. The molecule has 1 atom stereocenters. The van der Waals surface area contributed by atoms with Gasteiger partial charge in [-0.1, -0.05) is 11.8 Å². The van der Waals surface area contributed by atoms with Crippen LogP contribution in [0.2, 0.25) is 0 Å². The molecular formula is C22H23N5O3S. The van der Waals surface area contributed by atoms with Crippen molar-refractivity contribution < 1.29 is 14.3 Å². The highest BCUT2D eigenvalue weighted by atomic mass is 32.2. The lowest BCUT2D eigenvalue weighted by Gasteiger charge is -2.40. The number of fused-ring (bicyclic) bond motifs is 1. The Labute approximate surface area is 184 Å². The largest absolute Gasteiger partial charge is 0.460 e. The summed E-state index contributed by atoms with van der Waals surface area (Å²) in [5.41, 5.74) is 8.83. The third kappa shape index (κ3) is 3.90. The van der Waals surface area contributed by atoms with Gasteiger partial charge in [-0.25, -0.2) is 9.97 Å². The van der Waals surface area contributed by atoms with Crippen molar-refractivity contribution in [1.82, 2.24) is 14.9 Å². The van der Waals surface area contributed by atoms with Crippen molar-refractivity contribution in [1.29, 1.82) is 0 Å². The molecule has 2 N–H and O–H groups in total. The van der Waals surface area contributed by atoms with E-state index in [9.17, 15) is 9.59 Å². The highest BCUT2D eigenvalue weighted by Crippen LogP contribution is 2.40. The fourth-order valence-electron chi connectivity index (χ4n) is 4.36. The number of carbonyl (C=O) groups excluding carboxylic acids is 2. The van der Waals surface area contributed by atoms with E-state index in [1.54, 1.807) is 30.2 Å². The smallest absolute Gasteiger partial charge is 0.316 e. The quantitative estimate of drug-likeness (QED) is 0.760. The number of aryl methyl sites for hydroxylation is 1. The summed E-state index contributed by atoms with van der Waals surface area (Å²) in [5.74, 6) is -0.268. The first-order valence-electron chi connectivity index (χ1n) is 10.4. The lowest BCUT2D eigenvalue weighted by Crippen LogP contribution is -2.50. The van der Waals surface area contributed by atoms with E-state index in [2.05, 4.69) is 14.9 Å². The number of amides is 1. The molecule has 1 saturated heterocycles. The molecule has 9 heteroatoms. The number of nitrogens with two attached hydrogens (primary N) is 1. The summed E-state index contributed by atoms with van der Waals surface area (Å²) < 4.78 is 5.91. The minimum atomic E-state index is -0.453. The average molecular weight is 438 g/mol. The van der Waals surface area contributed by atoms with E-state index in [1.807, 2.05) is 28.5 Å². The summed E-state index contributed by atoms with van der Waals surface area (Å²) in [7, 11) is 0. The number of anilines is 1. The van der Waals surface area contributed by atoms with Crippen LogP contribution in [-0.4, -0.2) is 51.2 Å². The molecule has 8 nitrogen and oxygen atoms in total. The molecule has 1 amide bonds. The van der Waals surface area contributed by atoms with Crippen LogP contribution in [0.15, 0.2) is 47.8 Å². The Morgan fingerprint density at radius 2 is 1.94 bits per heavy atom. The van der Waals surface area contributed by atoms with Gasteiger partial charge in [0.05, 0.1) is 0 Å². The third-order valence-corrected chi connectivity index (χ3v) is 7.04.